The predicted octanol–water partition coefficient (Wildman–Crippen LogP) is 2.94. The van der Waals surface area contributed by atoms with Crippen LogP contribution >= 0.6 is 11.3 Å². The van der Waals surface area contributed by atoms with Crippen molar-refractivity contribution in [2.24, 2.45) is 0 Å². The van der Waals surface area contributed by atoms with Gasteiger partial charge in [0.05, 0.1) is 13.2 Å². The van der Waals surface area contributed by atoms with E-state index in [1.165, 1.54) is 20.5 Å². The summed E-state index contributed by atoms with van der Waals surface area (Å²) in [6, 6.07) is 8.28. The molecule has 0 aliphatic carbocycles. The summed E-state index contributed by atoms with van der Waals surface area (Å²) in [5.41, 5.74) is 3.54. The smallest absolute Gasteiger partial charge is 0.272 e. The van der Waals surface area contributed by atoms with Crippen molar-refractivity contribution in [3.8, 4) is 0 Å². The standard InChI is InChI=1S/C17H17N3O2S/c1-10-12(11-4-2-3-5-15(11)23-10)8-18-17(21)16-13-9-22-7-6-14(13)19-20-16/h2-5H,6-9H2,1H3,(H,18,21)(H,19,20). The number of benzene rings is 1. The van der Waals surface area contributed by atoms with Crippen molar-refractivity contribution in [1.29, 1.82) is 0 Å². The molecule has 1 aliphatic heterocycles. The molecule has 2 N–H and O–H groups in total. The first-order valence-electron chi connectivity index (χ1n) is 7.63. The monoisotopic (exact) mass is 327 g/mol. The number of thiophene rings is 1. The van der Waals surface area contributed by atoms with Crippen molar-refractivity contribution in [2.75, 3.05) is 6.61 Å². The molecule has 1 amide bonds. The highest BCUT2D eigenvalue weighted by Gasteiger charge is 2.22. The van der Waals surface area contributed by atoms with Gasteiger partial charge in [0, 0.05) is 33.8 Å². The summed E-state index contributed by atoms with van der Waals surface area (Å²) in [5.74, 6) is -0.150. The van der Waals surface area contributed by atoms with Crippen LogP contribution in [-0.4, -0.2) is 22.7 Å². The average Bonchev–Trinajstić information content (AvgIpc) is 3.13. The minimum atomic E-state index is -0.150. The number of hydrogen-bond donors (Lipinski definition) is 2. The van der Waals surface area contributed by atoms with Crippen LogP contribution in [0.15, 0.2) is 24.3 Å². The maximum atomic E-state index is 12.5. The van der Waals surface area contributed by atoms with Gasteiger partial charge in [-0.25, -0.2) is 0 Å². The van der Waals surface area contributed by atoms with Crippen molar-refractivity contribution in [3.05, 3.63) is 51.7 Å². The molecule has 3 aromatic rings. The molecular formula is C17H17N3O2S. The number of fused-ring (bicyclic) bond motifs is 2. The van der Waals surface area contributed by atoms with E-state index in [0.717, 1.165) is 17.7 Å². The number of nitrogens with zero attached hydrogens (tertiary/aromatic N) is 1. The van der Waals surface area contributed by atoms with E-state index in [1.807, 2.05) is 12.1 Å². The fraction of sp³-hybridized carbons (Fsp3) is 0.294. The van der Waals surface area contributed by atoms with E-state index >= 15 is 0 Å². The van der Waals surface area contributed by atoms with E-state index in [9.17, 15) is 4.79 Å². The van der Waals surface area contributed by atoms with E-state index in [0.29, 0.717) is 25.5 Å². The maximum absolute atomic E-state index is 12.5. The molecule has 0 unspecified atom stereocenters. The summed E-state index contributed by atoms with van der Waals surface area (Å²) >= 11 is 1.76. The van der Waals surface area contributed by atoms with Gasteiger partial charge in [0.25, 0.3) is 5.91 Å². The van der Waals surface area contributed by atoms with Crippen LogP contribution in [-0.2, 0) is 24.3 Å². The second-order valence-corrected chi connectivity index (χ2v) is 6.90. The van der Waals surface area contributed by atoms with Gasteiger partial charge in [0.1, 0.15) is 0 Å². The molecular weight excluding hydrogens is 310 g/mol. The molecule has 4 rings (SSSR count). The number of nitrogens with one attached hydrogen (secondary N) is 2. The summed E-state index contributed by atoms with van der Waals surface area (Å²) in [5, 5.41) is 11.3. The molecule has 0 fully saturated rings. The third-order valence-corrected chi connectivity index (χ3v) is 5.37. The van der Waals surface area contributed by atoms with E-state index < -0.39 is 0 Å². The van der Waals surface area contributed by atoms with E-state index in [4.69, 9.17) is 4.74 Å². The molecule has 23 heavy (non-hydrogen) atoms. The lowest BCUT2D eigenvalue weighted by molar-refractivity contribution is 0.0923. The number of aryl methyl sites for hydroxylation is 1. The first-order valence-corrected chi connectivity index (χ1v) is 8.44. The minimum Gasteiger partial charge on any atom is -0.376 e. The molecule has 1 aliphatic rings. The zero-order chi connectivity index (χ0) is 15.8. The third-order valence-electron chi connectivity index (χ3n) is 4.24. The number of carbonyl (C=O) groups is 1. The van der Waals surface area contributed by atoms with Crippen molar-refractivity contribution in [2.45, 2.75) is 26.5 Å². The van der Waals surface area contributed by atoms with E-state index in [2.05, 4.69) is 34.6 Å². The molecule has 0 radical (unpaired) electrons. The van der Waals surface area contributed by atoms with Crippen LogP contribution in [0.2, 0.25) is 0 Å². The van der Waals surface area contributed by atoms with Crippen LogP contribution < -0.4 is 5.32 Å². The molecule has 118 valence electrons. The van der Waals surface area contributed by atoms with Crippen LogP contribution in [0.25, 0.3) is 10.1 Å². The molecule has 0 atom stereocenters. The number of ether oxygens (including phenoxy) is 1. The van der Waals surface area contributed by atoms with Gasteiger partial charge in [-0.05, 0) is 23.9 Å². The van der Waals surface area contributed by atoms with Gasteiger partial charge in [0.2, 0.25) is 0 Å². The lowest BCUT2D eigenvalue weighted by Crippen LogP contribution is -2.25. The van der Waals surface area contributed by atoms with Crippen LogP contribution in [0.5, 0.6) is 0 Å². The Kier molecular flexibility index (Phi) is 3.63. The Hall–Kier alpha value is -2.18. The highest BCUT2D eigenvalue weighted by atomic mass is 32.1. The second kappa shape index (κ2) is 5.79. The summed E-state index contributed by atoms with van der Waals surface area (Å²) in [6.07, 6.45) is 0.782. The Bertz CT molecular complexity index is 881. The Morgan fingerprint density at radius 3 is 3.22 bits per heavy atom. The Balaban J connectivity index is 1.55. The van der Waals surface area contributed by atoms with Gasteiger partial charge in [-0.3, -0.25) is 9.89 Å². The fourth-order valence-corrected chi connectivity index (χ4v) is 4.08. The Morgan fingerprint density at radius 2 is 2.30 bits per heavy atom. The number of H-pyrrole nitrogens is 1. The number of aromatic amines is 1. The largest absolute Gasteiger partial charge is 0.376 e. The average molecular weight is 327 g/mol. The number of amides is 1. The Morgan fingerprint density at radius 1 is 1.43 bits per heavy atom. The summed E-state index contributed by atoms with van der Waals surface area (Å²) < 4.78 is 6.68. The molecule has 3 heterocycles. The molecule has 6 heteroatoms. The summed E-state index contributed by atoms with van der Waals surface area (Å²) in [7, 11) is 0. The normalized spacial score (nSPS) is 14.0. The molecule has 5 nitrogen and oxygen atoms in total. The zero-order valence-electron chi connectivity index (χ0n) is 12.8. The molecule has 0 bridgehead atoms. The molecule has 2 aromatic heterocycles. The lowest BCUT2D eigenvalue weighted by Gasteiger charge is -2.12. The fourth-order valence-electron chi connectivity index (χ4n) is 2.99. The van der Waals surface area contributed by atoms with Crippen molar-refractivity contribution in [1.82, 2.24) is 15.5 Å². The number of rotatable bonds is 3. The number of hydrogen-bond acceptors (Lipinski definition) is 4. The van der Waals surface area contributed by atoms with Gasteiger partial charge in [-0.1, -0.05) is 18.2 Å². The minimum absolute atomic E-state index is 0.150. The van der Waals surface area contributed by atoms with Crippen molar-refractivity contribution < 1.29 is 9.53 Å². The number of aromatic nitrogens is 2. The lowest BCUT2D eigenvalue weighted by atomic mass is 10.1. The van der Waals surface area contributed by atoms with Crippen LogP contribution in [0.1, 0.15) is 32.2 Å². The highest BCUT2D eigenvalue weighted by Crippen LogP contribution is 2.30. The van der Waals surface area contributed by atoms with E-state index in [1.54, 1.807) is 11.3 Å². The first kappa shape index (κ1) is 14.4. The summed E-state index contributed by atoms with van der Waals surface area (Å²) in [6.45, 7) is 3.74. The highest BCUT2D eigenvalue weighted by molar-refractivity contribution is 7.19. The topological polar surface area (TPSA) is 67.0 Å². The molecule has 1 aromatic carbocycles. The molecule has 0 spiro atoms. The van der Waals surface area contributed by atoms with Gasteiger partial charge >= 0.3 is 0 Å². The quantitative estimate of drug-likeness (QED) is 0.777. The zero-order valence-corrected chi connectivity index (χ0v) is 13.6. The first-order chi connectivity index (χ1) is 11.2. The third kappa shape index (κ3) is 2.54. The van der Waals surface area contributed by atoms with Gasteiger partial charge < -0.3 is 10.1 Å². The summed E-state index contributed by atoms with van der Waals surface area (Å²) in [4.78, 5) is 13.7. The van der Waals surface area contributed by atoms with Gasteiger partial charge in [0.15, 0.2) is 5.69 Å². The van der Waals surface area contributed by atoms with Crippen molar-refractivity contribution >= 4 is 27.3 Å². The second-order valence-electron chi connectivity index (χ2n) is 5.65. The van der Waals surface area contributed by atoms with Gasteiger partial charge in [-0.15, -0.1) is 11.3 Å². The molecule has 0 saturated heterocycles. The molecule has 0 saturated carbocycles. The Labute approximate surface area is 137 Å². The van der Waals surface area contributed by atoms with Crippen molar-refractivity contribution in [3.63, 3.8) is 0 Å². The van der Waals surface area contributed by atoms with Gasteiger partial charge in [-0.2, -0.15) is 5.10 Å². The van der Waals surface area contributed by atoms with Crippen LogP contribution in [0, 0.1) is 6.92 Å². The van der Waals surface area contributed by atoms with Crippen LogP contribution in [0.3, 0.4) is 0 Å². The SMILES string of the molecule is Cc1sc2ccccc2c1CNC(=O)c1n[nH]c2c1COCC2. The number of carbonyl (C=O) groups excluding carboxylic acids is 1. The van der Waals surface area contributed by atoms with Crippen LogP contribution in [0.4, 0.5) is 0 Å². The van der Waals surface area contributed by atoms with E-state index in [-0.39, 0.29) is 5.91 Å². The maximum Gasteiger partial charge on any atom is 0.272 e. The predicted molar refractivity (Wildman–Crippen MR) is 89.7 cm³/mol.